The van der Waals surface area contributed by atoms with Crippen LogP contribution < -0.4 is 5.32 Å². The van der Waals surface area contributed by atoms with Gasteiger partial charge in [-0.2, -0.15) is 0 Å². The summed E-state index contributed by atoms with van der Waals surface area (Å²) in [6.45, 7) is 15.5. The summed E-state index contributed by atoms with van der Waals surface area (Å²) in [6.07, 6.45) is 0. The Balaban J connectivity index is 3.97. The van der Waals surface area contributed by atoms with Crippen molar-refractivity contribution < 1.29 is 9.53 Å². The van der Waals surface area contributed by atoms with Crippen LogP contribution in [0.3, 0.4) is 0 Å². The lowest BCUT2D eigenvalue weighted by Crippen LogP contribution is -2.37. The number of carbonyl (C=O) groups excluding carboxylic acids is 1. The van der Waals surface area contributed by atoms with E-state index >= 15 is 0 Å². The van der Waals surface area contributed by atoms with Crippen LogP contribution in [0.5, 0.6) is 0 Å². The second kappa shape index (κ2) is 7.00. The van der Waals surface area contributed by atoms with Crippen molar-refractivity contribution in [2.45, 2.75) is 54.1 Å². The summed E-state index contributed by atoms with van der Waals surface area (Å²) < 4.78 is 5.43. The van der Waals surface area contributed by atoms with Gasteiger partial charge in [0.1, 0.15) is 6.61 Å². The van der Waals surface area contributed by atoms with Crippen molar-refractivity contribution in [3.63, 3.8) is 0 Å². The number of ether oxygens (including phenoxy) is 1. The molecular weight excluding hydrogens is 214 g/mol. The molecule has 0 aliphatic carbocycles. The van der Waals surface area contributed by atoms with E-state index in [4.69, 9.17) is 4.74 Å². The second-order valence-electron chi connectivity index (χ2n) is 6.36. The average molecular weight is 243 g/mol. The zero-order valence-corrected chi connectivity index (χ0v) is 12.5. The summed E-state index contributed by atoms with van der Waals surface area (Å²) in [7, 11) is 0. The van der Waals surface area contributed by atoms with Gasteiger partial charge in [0.15, 0.2) is 0 Å². The van der Waals surface area contributed by atoms with Crippen molar-refractivity contribution in [2.24, 2.45) is 17.8 Å². The van der Waals surface area contributed by atoms with Gasteiger partial charge < -0.3 is 10.1 Å². The van der Waals surface area contributed by atoms with Crippen LogP contribution >= 0.6 is 0 Å². The average Bonchev–Trinajstić information content (AvgIpc) is 2.12. The molecule has 0 aliphatic heterocycles. The highest BCUT2D eigenvalue weighted by Crippen LogP contribution is 2.19. The minimum atomic E-state index is -0.257. The Morgan fingerprint density at radius 3 is 1.94 bits per heavy atom. The molecule has 1 N–H and O–H groups in total. The van der Waals surface area contributed by atoms with Gasteiger partial charge >= 0.3 is 0 Å². The molecular formula is C14H29NO2. The molecule has 3 nitrogen and oxygen atoms in total. The molecule has 0 saturated heterocycles. The number of nitrogens with one attached hydrogen (secondary N) is 1. The number of hydrogen-bond acceptors (Lipinski definition) is 2. The highest BCUT2D eigenvalue weighted by Gasteiger charge is 2.19. The van der Waals surface area contributed by atoms with E-state index in [1.54, 1.807) is 0 Å². The van der Waals surface area contributed by atoms with Crippen LogP contribution in [0.15, 0.2) is 0 Å². The van der Waals surface area contributed by atoms with Gasteiger partial charge in [-0.15, -0.1) is 0 Å². The van der Waals surface area contributed by atoms with Crippen molar-refractivity contribution in [3.8, 4) is 0 Å². The molecule has 0 bridgehead atoms. The van der Waals surface area contributed by atoms with Crippen molar-refractivity contribution in [1.82, 2.24) is 5.32 Å². The third-order valence-electron chi connectivity index (χ3n) is 2.88. The molecule has 0 fully saturated rings. The molecule has 3 heteroatoms. The Morgan fingerprint density at radius 2 is 1.59 bits per heavy atom. The van der Waals surface area contributed by atoms with Crippen LogP contribution in [0.25, 0.3) is 0 Å². The predicted octanol–water partition coefficient (Wildman–Crippen LogP) is 2.85. The summed E-state index contributed by atoms with van der Waals surface area (Å²) in [5.41, 5.74) is -0.257. The standard InChI is InChI=1S/C14H29NO2/c1-10(2)12(11(3)4)8-15-13(16)9-17-14(5,6)7/h10-12H,8-9H2,1-7H3,(H,15,16). The molecule has 0 aromatic carbocycles. The molecule has 0 aromatic heterocycles. The van der Waals surface area contributed by atoms with Crippen molar-refractivity contribution in [2.75, 3.05) is 13.2 Å². The number of hydrogen-bond donors (Lipinski definition) is 1. The Kier molecular flexibility index (Phi) is 6.76. The molecule has 0 heterocycles. The van der Waals surface area contributed by atoms with Gasteiger partial charge in [0.2, 0.25) is 5.91 Å². The van der Waals surface area contributed by atoms with E-state index in [9.17, 15) is 4.79 Å². The van der Waals surface area contributed by atoms with Crippen molar-refractivity contribution in [1.29, 1.82) is 0 Å². The molecule has 0 radical (unpaired) electrons. The molecule has 17 heavy (non-hydrogen) atoms. The molecule has 0 unspecified atom stereocenters. The highest BCUT2D eigenvalue weighted by molar-refractivity contribution is 5.77. The third-order valence-corrected chi connectivity index (χ3v) is 2.88. The highest BCUT2D eigenvalue weighted by atomic mass is 16.5. The maximum Gasteiger partial charge on any atom is 0.246 e. The SMILES string of the molecule is CC(C)C(CNC(=O)COC(C)(C)C)C(C)C. The number of amides is 1. The number of rotatable bonds is 6. The maximum absolute atomic E-state index is 11.6. The van der Waals surface area contributed by atoms with E-state index in [1.807, 2.05) is 20.8 Å². The normalized spacial score (nSPS) is 12.6. The summed E-state index contributed by atoms with van der Waals surface area (Å²) >= 11 is 0. The summed E-state index contributed by atoms with van der Waals surface area (Å²) in [4.78, 5) is 11.6. The third kappa shape index (κ3) is 8.19. The summed E-state index contributed by atoms with van der Waals surface area (Å²) in [5.74, 6) is 1.66. The van der Waals surface area contributed by atoms with E-state index in [0.29, 0.717) is 17.8 Å². The van der Waals surface area contributed by atoms with Crippen molar-refractivity contribution in [3.05, 3.63) is 0 Å². The summed E-state index contributed by atoms with van der Waals surface area (Å²) in [5, 5.41) is 2.95. The van der Waals surface area contributed by atoms with E-state index in [1.165, 1.54) is 0 Å². The van der Waals surface area contributed by atoms with Gasteiger partial charge in [-0.1, -0.05) is 27.7 Å². The fourth-order valence-electron chi connectivity index (χ4n) is 1.81. The van der Waals surface area contributed by atoms with Crippen LogP contribution in [0.1, 0.15) is 48.5 Å². The predicted molar refractivity (Wildman–Crippen MR) is 71.9 cm³/mol. The van der Waals surface area contributed by atoms with Crippen LogP contribution in [-0.2, 0) is 9.53 Å². The van der Waals surface area contributed by atoms with Gasteiger partial charge in [0.05, 0.1) is 5.60 Å². The van der Waals surface area contributed by atoms with Crippen molar-refractivity contribution >= 4 is 5.91 Å². The van der Waals surface area contributed by atoms with Gasteiger partial charge in [-0.25, -0.2) is 0 Å². The first-order chi connectivity index (χ1) is 7.63. The van der Waals surface area contributed by atoms with Gasteiger partial charge in [-0.3, -0.25) is 4.79 Å². The minimum absolute atomic E-state index is 0.0220. The Morgan fingerprint density at radius 1 is 1.12 bits per heavy atom. The largest absolute Gasteiger partial charge is 0.366 e. The first kappa shape index (κ1) is 16.4. The first-order valence-electron chi connectivity index (χ1n) is 6.54. The Labute approximate surface area is 106 Å². The number of carbonyl (C=O) groups is 1. The molecule has 0 spiro atoms. The smallest absolute Gasteiger partial charge is 0.246 e. The van der Waals surface area contributed by atoms with E-state index < -0.39 is 0 Å². The molecule has 1 amide bonds. The zero-order chi connectivity index (χ0) is 13.6. The first-order valence-corrected chi connectivity index (χ1v) is 6.54. The molecule has 102 valence electrons. The quantitative estimate of drug-likeness (QED) is 0.779. The minimum Gasteiger partial charge on any atom is -0.366 e. The molecule has 0 rings (SSSR count). The lowest BCUT2D eigenvalue weighted by atomic mass is 9.85. The monoisotopic (exact) mass is 243 g/mol. The molecule has 0 atom stereocenters. The van der Waals surface area contributed by atoms with E-state index in [2.05, 4.69) is 33.0 Å². The Bertz CT molecular complexity index is 221. The lowest BCUT2D eigenvalue weighted by molar-refractivity contribution is -0.130. The second-order valence-corrected chi connectivity index (χ2v) is 6.36. The fraction of sp³-hybridized carbons (Fsp3) is 0.929. The van der Waals surface area contributed by atoms with Crippen LogP contribution in [-0.4, -0.2) is 24.7 Å². The molecule has 0 aromatic rings. The van der Waals surface area contributed by atoms with Gasteiger partial charge in [-0.05, 0) is 38.5 Å². The van der Waals surface area contributed by atoms with Crippen LogP contribution in [0.2, 0.25) is 0 Å². The topological polar surface area (TPSA) is 38.3 Å². The maximum atomic E-state index is 11.6. The van der Waals surface area contributed by atoms with E-state index in [-0.39, 0.29) is 18.1 Å². The van der Waals surface area contributed by atoms with Gasteiger partial charge in [0.25, 0.3) is 0 Å². The lowest BCUT2D eigenvalue weighted by Gasteiger charge is -2.25. The van der Waals surface area contributed by atoms with Crippen LogP contribution in [0, 0.1) is 17.8 Å². The van der Waals surface area contributed by atoms with Crippen LogP contribution in [0.4, 0.5) is 0 Å². The fourth-order valence-corrected chi connectivity index (χ4v) is 1.81. The molecule has 0 aliphatic rings. The van der Waals surface area contributed by atoms with Gasteiger partial charge in [0, 0.05) is 6.54 Å². The summed E-state index contributed by atoms with van der Waals surface area (Å²) in [6, 6.07) is 0. The Hall–Kier alpha value is -0.570. The molecule has 0 saturated carbocycles. The van der Waals surface area contributed by atoms with E-state index in [0.717, 1.165) is 6.54 Å². The zero-order valence-electron chi connectivity index (χ0n) is 12.5.